The highest BCUT2D eigenvalue weighted by Crippen LogP contribution is 2.34. The van der Waals surface area contributed by atoms with E-state index in [9.17, 15) is 13.2 Å². The monoisotopic (exact) mass is 446 g/mol. The van der Waals surface area contributed by atoms with E-state index in [-0.39, 0.29) is 41.0 Å². The molecular formula is C24H17F3N6. The molecule has 6 nitrogen and oxygen atoms in total. The number of nitrogen functional groups attached to an aromatic ring is 1. The Morgan fingerprint density at radius 2 is 1.61 bits per heavy atom. The van der Waals surface area contributed by atoms with Crippen molar-refractivity contribution < 1.29 is 13.2 Å². The quantitative estimate of drug-likeness (QED) is 0.393. The third-order valence-electron chi connectivity index (χ3n) is 5.09. The number of halogens is 3. The number of nitrogens with one attached hydrogen (secondary N) is 1. The van der Waals surface area contributed by atoms with Crippen molar-refractivity contribution in [2.24, 2.45) is 0 Å². The molecule has 164 valence electrons. The second-order valence-electron chi connectivity index (χ2n) is 7.33. The van der Waals surface area contributed by atoms with Gasteiger partial charge in [-0.25, -0.2) is 22.8 Å². The van der Waals surface area contributed by atoms with Crippen molar-refractivity contribution in [3.8, 4) is 16.9 Å². The molecule has 3 aromatic carbocycles. The minimum Gasteiger partial charge on any atom is -0.383 e. The number of anilines is 2. The average Bonchev–Trinajstić information content (AvgIpc) is 3.14. The van der Waals surface area contributed by atoms with Crippen LogP contribution in [0.25, 0.3) is 28.0 Å². The van der Waals surface area contributed by atoms with Crippen molar-refractivity contribution in [1.29, 1.82) is 0 Å². The van der Waals surface area contributed by atoms with Crippen LogP contribution in [0, 0.1) is 17.5 Å². The summed E-state index contributed by atoms with van der Waals surface area (Å²) in [5, 5.41) is 7.78. The van der Waals surface area contributed by atoms with Gasteiger partial charge in [0, 0.05) is 12.1 Å². The molecule has 0 bridgehead atoms. The molecule has 0 aliphatic carbocycles. The van der Waals surface area contributed by atoms with Crippen LogP contribution in [0.2, 0.25) is 0 Å². The van der Waals surface area contributed by atoms with Crippen LogP contribution in [0.4, 0.5) is 24.9 Å². The Morgan fingerprint density at radius 1 is 0.848 bits per heavy atom. The van der Waals surface area contributed by atoms with E-state index in [1.54, 1.807) is 36.4 Å². The zero-order valence-electron chi connectivity index (χ0n) is 17.1. The largest absolute Gasteiger partial charge is 0.383 e. The molecule has 33 heavy (non-hydrogen) atoms. The van der Waals surface area contributed by atoms with Gasteiger partial charge < -0.3 is 11.1 Å². The lowest BCUT2D eigenvalue weighted by atomic mass is 10.1. The van der Waals surface area contributed by atoms with E-state index in [1.165, 1.54) is 41.1 Å². The first-order valence-corrected chi connectivity index (χ1v) is 10.0. The van der Waals surface area contributed by atoms with E-state index in [4.69, 9.17) is 5.73 Å². The fraction of sp³-hybridized carbons (Fsp3) is 0.0417. The number of benzene rings is 3. The maximum Gasteiger partial charge on any atom is 0.225 e. The minimum atomic E-state index is -0.494. The summed E-state index contributed by atoms with van der Waals surface area (Å²) >= 11 is 0. The van der Waals surface area contributed by atoms with Gasteiger partial charge in [0.1, 0.15) is 23.3 Å². The molecule has 0 fully saturated rings. The van der Waals surface area contributed by atoms with Crippen LogP contribution in [-0.4, -0.2) is 19.7 Å². The van der Waals surface area contributed by atoms with Crippen LogP contribution in [0.1, 0.15) is 5.56 Å². The molecule has 2 heterocycles. The summed E-state index contributed by atoms with van der Waals surface area (Å²) in [6.45, 7) is 0.236. The smallest absolute Gasteiger partial charge is 0.225 e. The first-order chi connectivity index (χ1) is 16.0. The molecule has 0 aliphatic rings. The predicted octanol–water partition coefficient (Wildman–Crippen LogP) is 5.09. The number of rotatable bonds is 5. The molecule has 0 spiro atoms. The Labute approximate surface area is 186 Å². The topological polar surface area (TPSA) is 81.7 Å². The lowest BCUT2D eigenvalue weighted by Crippen LogP contribution is -2.05. The van der Waals surface area contributed by atoms with Crippen molar-refractivity contribution >= 4 is 22.8 Å². The van der Waals surface area contributed by atoms with Gasteiger partial charge in [-0.05, 0) is 48.0 Å². The Morgan fingerprint density at radius 3 is 2.36 bits per heavy atom. The minimum absolute atomic E-state index is 0.144. The van der Waals surface area contributed by atoms with E-state index in [2.05, 4.69) is 20.4 Å². The van der Waals surface area contributed by atoms with Gasteiger partial charge in [0.2, 0.25) is 5.95 Å². The van der Waals surface area contributed by atoms with Gasteiger partial charge in [-0.3, -0.25) is 0 Å². The second-order valence-corrected chi connectivity index (χ2v) is 7.33. The van der Waals surface area contributed by atoms with E-state index in [0.717, 1.165) is 0 Å². The van der Waals surface area contributed by atoms with Crippen LogP contribution >= 0.6 is 0 Å². The Balaban J connectivity index is 1.66. The lowest BCUT2D eigenvalue weighted by molar-refractivity contribution is 0.625. The fourth-order valence-electron chi connectivity index (χ4n) is 3.57. The number of nitrogens with zero attached hydrogens (tertiary/aromatic N) is 4. The molecule has 0 amide bonds. The molecule has 2 aromatic heterocycles. The molecule has 0 unspecified atom stereocenters. The van der Waals surface area contributed by atoms with Crippen molar-refractivity contribution in [1.82, 2.24) is 19.7 Å². The highest BCUT2D eigenvalue weighted by Gasteiger charge is 2.21. The van der Waals surface area contributed by atoms with Gasteiger partial charge in [-0.2, -0.15) is 4.98 Å². The van der Waals surface area contributed by atoms with Crippen LogP contribution in [0.5, 0.6) is 0 Å². The Kier molecular flexibility index (Phi) is 5.14. The van der Waals surface area contributed by atoms with E-state index in [1.807, 2.05) is 0 Å². The SMILES string of the molecule is Nc1c2c(-c3ccccc3F)nc(NCc3cccc(F)c3)nc2nn1-c1cccc(F)c1. The standard InChI is InChI=1S/C24H17F3N6/c25-15-6-3-5-14(11-15)13-29-24-30-21(18-9-1-2-10-19(18)27)20-22(28)33(32-23(20)31-24)17-8-4-7-16(26)12-17/h1-12H,13,28H2,(H,29,31,32). The summed E-state index contributed by atoms with van der Waals surface area (Å²) in [4.78, 5) is 8.91. The predicted molar refractivity (Wildman–Crippen MR) is 120 cm³/mol. The molecule has 5 rings (SSSR count). The molecule has 0 radical (unpaired) electrons. The molecule has 5 aromatic rings. The van der Waals surface area contributed by atoms with Crippen LogP contribution < -0.4 is 11.1 Å². The molecule has 0 aliphatic heterocycles. The van der Waals surface area contributed by atoms with Crippen molar-refractivity contribution in [2.45, 2.75) is 6.54 Å². The van der Waals surface area contributed by atoms with Gasteiger partial charge in [0.15, 0.2) is 5.65 Å². The van der Waals surface area contributed by atoms with Gasteiger partial charge in [0.25, 0.3) is 0 Å². The van der Waals surface area contributed by atoms with Crippen molar-refractivity contribution in [3.05, 3.63) is 95.8 Å². The van der Waals surface area contributed by atoms with Gasteiger partial charge >= 0.3 is 0 Å². The normalized spacial score (nSPS) is 11.1. The number of nitrogens with two attached hydrogens (primary N) is 1. The summed E-state index contributed by atoms with van der Waals surface area (Å²) < 4.78 is 43.3. The van der Waals surface area contributed by atoms with Crippen LogP contribution in [0.3, 0.4) is 0 Å². The molecule has 0 saturated carbocycles. The van der Waals surface area contributed by atoms with E-state index < -0.39 is 11.6 Å². The molecule has 3 N–H and O–H groups in total. The van der Waals surface area contributed by atoms with Gasteiger partial charge in [0.05, 0.1) is 16.8 Å². The van der Waals surface area contributed by atoms with Crippen LogP contribution in [0.15, 0.2) is 72.8 Å². The maximum atomic E-state index is 14.7. The summed E-state index contributed by atoms with van der Waals surface area (Å²) in [7, 11) is 0. The van der Waals surface area contributed by atoms with E-state index >= 15 is 0 Å². The third-order valence-corrected chi connectivity index (χ3v) is 5.09. The van der Waals surface area contributed by atoms with E-state index in [0.29, 0.717) is 16.6 Å². The highest BCUT2D eigenvalue weighted by molar-refractivity contribution is 5.99. The first-order valence-electron chi connectivity index (χ1n) is 10.0. The fourth-order valence-corrected chi connectivity index (χ4v) is 3.57. The zero-order chi connectivity index (χ0) is 22.9. The molecular weight excluding hydrogens is 429 g/mol. The van der Waals surface area contributed by atoms with Crippen LogP contribution in [-0.2, 0) is 6.54 Å². The summed E-state index contributed by atoms with van der Waals surface area (Å²) in [5.74, 6) is -1.01. The van der Waals surface area contributed by atoms with Gasteiger partial charge in [-0.15, -0.1) is 5.10 Å². The van der Waals surface area contributed by atoms with Gasteiger partial charge in [-0.1, -0.05) is 30.3 Å². The summed E-state index contributed by atoms with van der Waals surface area (Å²) in [5.41, 5.74) is 8.07. The first kappa shape index (κ1) is 20.5. The molecule has 9 heteroatoms. The Bertz CT molecular complexity index is 1480. The summed E-state index contributed by atoms with van der Waals surface area (Å²) in [6, 6.07) is 18.0. The molecule has 0 saturated heterocycles. The second kappa shape index (κ2) is 8.27. The highest BCUT2D eigenvalue weighted by atomic mass is 19.1. The number of hydrogen-bond donors (Lipinski definition) is 2. The van der Waals surface area contributed by atoms with Crippen molar-refractivity contribution in [2.75, 3.05) is 11.1 Å². The summed E-state index contributed by atoms with van der Waals surface area (Å²) in [6.07, 6.45) is 0. The number of aromatic nitrogens is 4. The maximum absolute atomic E-state index is 14.7. The number of hydrogen-bond acceptors (Lipinski definition) is 5. The average molecular weight is 446 g/mol. The third kappa shape index (κ3) is 3.96. The molecule has 0 atom stereocenters. The zero-order valence-corrected chi connectivity index (χ0v) is 17.1. The number of fused-ring (bicyclic) bond motifs is 1. The lowest BCUT2D eigenvalue weighted by Gasteiger charge is -2.09. The Hall–Kier alpha value is -4.40. The van der Waals surface area contributed by atoms with Crippen molar-refractivity contribution in [3.63, 3.8) is 0 Å².